The standard InChI is InChI=1S/C7H10/c1-2-4-7(3-1)5-6-7/h5-6H,1-4H2. The van der Waals surface area contributed by atoms with Crippen LogP contribution in [0.5, 0.6) is 0 Å². The Kier molecular flexibility index (Phi) is 0.495. The van der Waals surface area contributed by atoms with E-state index in [1.807, 2.05) is 0 Å². The molecule has 1 spiro atoms. The first kappa shape index (κ1) is 3.71. The van der Waals surface area contributed by atoms with Crippen molar-refractivity contribution in [3.05, 3.63) is 12.2 Å². The molecule has 7 heavy (non-hydrogen) atoms. The highest BCUT2D eigenvalue weighted by Crippen LogP contribution is 2.49. The topological polar surface area (TPSA) is 0 Å². The van der Waals surface area contributed by atoms with Gasteiger partial charge in [0.2, 0.25) is 0 Å². The number of hydrogen-bond donors (Lipinski definition) is 0. The van der Waals surface area contributed by atoms with Crippen LogP contribution in [0.25, 0.3) is 0 Å². The van der Waals surface area contributed by atoms with Crippen LogP contribution in [0.4, 0.5) is 0 Å². The SMILES string of the molecule is C1=CC12CCCC2. The van der Waals surface area contributed by atoms with Gasteiger partial charge in [0.25, 0.3) is 0 Å². The Labute approximate surface area is 44.2 Å². The van der Waals surface area contributed by atoms with Gasteiger partial charge in [-0.1, -0.05) is 25.0 Å². The summed E-state index contributed by atoms with van der Waals surface area (Å²) in [6.45, 7) is 0. The van der Waals surface area contributed by atoms with Gasteiger partial charge in [-0.15, -0.1) is 0 Å². The predicted octanol–water partition coefficient (Wildman–Crippen LogP) is 2.12. The Hall–Kier alpha value is -0.260. The van der Waals surface area contributed by atoms with Gasteiger partial charge in [0.15, 0.2) is 0 Å². The zero-order valence-corrected chi connectivity index (χ0v) is 4.48. The lowest BCUT2D eigenvalue weighted by molar-refractivity contribution is 0.600. The van der Waals surface area contributed by atoms with Crippen molar-refractivity contribution < 1.29 is 0 Å². The third kappa shape index (κ3) is 0.425. The van der Waals surface area contributed by atoms with E-state index in [0.717, 1.165) is 0 Å². The Morgan fingerprint density at radius 1 is 1.00 bits per heavy atom. The molecule has 0 N–H and O–H groups in total. The maximum atomic E-state index is 2.36. The van der Waals surface area contributed by atoms with Gasteiger partial charge < -0.3 is 0 Å². The molecule has 0 amide bonds. The Morgan fingerprint density at radius 2 is 1.57 bits per heavy atom. The molecule has 0 unspecified atom stereocenters. The van der Waals surface area contributed by atoms with Crippen molar-refractivity contribution >= 4 is 0 Å². The van der Waals surface area contributed by atoms with E-state index in [-0.39, 0.29) is 0 Å². The molecule has 0 aromatic heterocycles. The molecule has 0 radical (unpaired) electrons. The first-order chi connectivity index (χ1) is 3.41. The van der Waals surface area contributed by atoms with E-state index in [4.69, 9.17) is 0 Å². The molecule has 0 heterocycles. The minimum Gasteiger partial charge on any atom is -0.0777 e. The van der Waals surface area contributed by atoms with Crippen LogP contribution >= 0.6 is 0 Å². The summed E-state index contributed by atoms with van der Waals surface area (Å²) < 4.78 is 0. The van der Waals surface area contributed by atoms with Crippen molar-refractivity contribution in [3.8, 4) is 0 Å². The number of rotatable bonds is 0. The molecule has 0 aromatic carbocycles. The molecule has 2 rings (SSSR count). The van der Waals surface area contributed by atoms with Crippen LogP contribution in [0.15, 0.2) is 12.2 Å². The summed E-state index contributed by atoms with van der Waals surface area (Å²) in [6.07, 6.45) is 10.6. The summed E-state index contributed by atoms with van der Waals surface area (Å²) in [5, 5.41) is 0. The molecule has 0 heteroatoms. The Morgan fingerprint density at radius 3 is 1.86 bits per heavy atom. The van der Waals surface area contributed by atoms with Crippen molar-refractivity contribution in [2.45, 2.75) is 25.7 Å². The molecule has 0 saturated heterocycles. The highest BCUT2D eigenvalue weighted by atomic mass is 14.4. The number of allylic oxidation sites excluding steroid dienone is 2. The fraction of sp³-hybridized carbons (Fsp3) is 0.714. The zero-order valence-electron chi connectivity index (χ0n) is 4.48. The molecule has 0 atom stereocenters. The van der Waals surface area contributed by atoms with E-state index in [2.05, 4.69) is 12.2 Å². The highest BCUT2D eigenvalue weighted by Gasteiger charge is 2.36. The van der Waals surface area contributed by atoms with Crippen LogP contribution in [0.3, 0.4) is 0 Å². The first-order valence-corrected chi connectivity index (χ1v) is 3.12. The van der Waals surface area contributed by atoms with Gasteiger partial charge in [-0.3, -0.25) is 0 Å². The third-order valence-corrected chi connectivity index (χ3v) is 2.17. The van der Waals surface area contributed by atoms with E-state index in [9.17, 15) is 0 Å². The number of hydrogen-bond acceptors (Lipinski definition) is 0. The molecule has 0 aliphatic heterocycles. The maximum Gasteiger partial charge on any atom is 0.00615 e. The van der Waals surface area contributed by atoms with Crippen LogP contribution in [-0.2, 0) is 0 Å². The fourth-order valence-corrected chi connectivity index (χ4v) is 1.48. The van der Waals surface area contributed by atoms with E-state index in [1.165, 1.54) is 25.7 Å². The van der Waals surface area contributed by atoms with Crippen molar-refractivity contribution in [3.63, 3.8) is 0 Å². The van der Waals surface area contributed by atoms with Gasteiger partial charge in [-0.05, 0) is 12.8 Å². The second-order valence-corrected chi connectivity index (χ2v) is 2.77. The lowest BCUT2D eigenvalue weighted by Crippen LogP contribution is -1.89. The van der Waals surface area contributed by atoms with Crippen molar-refractivity contribution in [1.29, 1.82) is 0 Å². The quantitative estimate of drug-likeness (QED) is 0.403. The Balaban J connectivity index is 2.09. The van der Waals surface area contributed by atoms with E-state index in [0.29, 0.717) is 5.41 Å². The van der Waals surface area contributed by atoms with Gasteiger partial charge in [0.05, 0.1) is 0 Å². The largest absolute Gasteiger partial charge is 0.0777 e. The van der Waals surface area contributed by atoms with Crippen molar-refractivity contribution in [1.82, 2.24) is 0 Å². The Bertz CT molecular complexity index is 97.2. The van der Waals surface area contributed by atoms with Crippen LogP contribution in [0, 0.1) is 5.41 Å². The van der Waals surface area contributed by atoms with Gasteiger partial charge in [0.1, 0.15) is 0 Å². The van der Waals surface area contributed by atoms with Crippen molar-refractivity contribution in [2.75, 3.05) is 0 Å². The minimum atomic E-state index is 0.694. The van der Waals surface area contributed by atoms with Gasteiger partial charge in [-0.25, -0.2) is 0 Å². The lowest BCUT2D eigenvalue weighted by atomic mass is 10.0. The zero-order chi connectivity index (χ0) is 4.74. The van der Waals surface area contributed by atoms with Crippen molar-refractivity contribution in [2.24, 2.45) is 5.41 Å². The summed E-state index contributed by atoms with van der Waals surface area (Å²) >= 11 is 0. The summed E-state index contributed by atoms with van der Waals surface area (Å²) in [7, 11) is 0. The lowest BCUT2D eigenvalue weighted by Gasteiger charge is -1.99. The molecule has 2 aliphatic rings. The molecule has 0 nitrogen and oxygen atoms in total. The van der Waals surface area contributed by atoms with Crippen LogP contribution in [-0.4, -0.2) is 0 Å². The molecule has 1 saturated carbocycles. The molecule has 0 aromatic rings. The van der Waals surface area contributed by atoms with Crippen LogP contribution in [0.2, 0.25) is 0 Å². The van der Waals surface area contributed by atoms with Crippen LogP contribution < -0.4 is 0 Å². The van der Waals surface area contributed by atoms with Gasteiger partial charge in [0, 0.05) is 5.41 Å². The second kappa shape index (κ2) is 0.936. The monoisotopic (exact) mass is 94.1 g/mol. The second-order valence-electron chi connectivity index (χ2n) is 2.77. The summed E-state index contributed by atoms with van der Waals surface area (Å²) in [6, 6.07) is 0. The molecular formula is C7H10. The first-order valence-electron chi connectivity index (χ1n) is 3.12. The maximum absolute atomic E-state index is 2.36. The average Bonchev–Trinajstić information content (AvgIpc) is 2.15. The average molecular weight is 94.2 g/mol. The normalized spacial score (nSPS) is 32.0. The molecule has 38 valence electrons. The molecule has 2 aliphatic carbocycles. The van der Waals surface area contributed by atoms with E-state index < -0.39 is 0 Å². The third-order valence-electron chi connectivity index (χ3n) is 2.17. The smallest absolute Gasteiger partial charge is 0.00615 e. The molecule has 0 bridgehead atoms. The van der Waals surface area contributed by atoms with E-state index in [1.54, 1.807) is 0 Å². The van der Waals surface area contributed by atoms with Gasteiger partial charge in [-0.2, -0.15) is 0 Å². The molecule has 1 fully saturated rings. The minimum absolute atomic E-state index is 0.694. The van der Waals surface area contributed by atoms with Gasteiger partial charge >= 0.3 is 0 Å². The summed E-state index contributed by atoms with van der Waals surface area (Å²) in [5.41, 5.74) is 0.694. The predicted molar refractivity (Wildman–Crippen MR) is 30.0 cm³/mol. The summed E-state index contributed by atoms with van der Waals surface area (Å²) in [5.74, 6) is 0. The highest BCUT2D eigenvalue weighted by molar-refractivity contribution is 5.27. The van der Waals surface area contributed by atoms with E-state index >= 15 is 0 Å². The fourth-order valence-electron chi connectivity index (χ4n) is 1.48. The molecular weight excluding hydrogens is 84.1 g/mol. The summed E-state index contributed by atoms with van der Waals surface area (Å²) in [4.78, 5) is 0. The van der Waals surface area contributed by atoms with Crippen LogP contribution in [0.1, 0.15) is 25.7 Å².